The Bertz CT molecular complexity index is 380. The Morgan fingerprint density at radius 3 is 2.47 bits per heavy atom. The molecule has 0 unspecified atom stereocenters. The molecule has 0 saturated heterocycles. The number of halogens is 1. The molecule has 1 aromatic carbocycles. The molecule has 0 bridgehead atoms. The molecule has 0 aliphatic heterocycles. The van der Waals surface area contributed by atoms with Gasteiger partial charge in [-0.1, -0.05) is 19.9 Å². The topological polar surface area (TPSA) is 35.5 Å². The van der Waals surface area contributed by atoms with Crippen LogP contribution < -0.4 is 10.2 Å². The molecule has 1 aromatic rings. The molecule has 2 N–H and O–H groups in total. The van der Waals surface area contributed by atoms with E-state index in [1.807, 2.05) is 7.05 Å². The van der Waals surface area contributed by atoms with Crippen LogP contribution in [-0.4, -0.2) is 31.3 Å². The Morgan fingerprint density at radius 2 is 2.00 bits per heavy atom. The van der Waals surface area contributed by atoms with E-state index in [0.29, 0.717) is 12.6 Å². The standard InChI is InChI=1S/C15H25BrN2O/c1-4-13(5-2)18(8-9-19)15-7-6-12(11-17-3)10-14(15)16/h6-7,10,13,17,19H,4-5,8-9,11H2,1-3H3. The summed E-state index contributed by atoms with van der Waals surface area (Å²) < 4.78 is 1.10. The van der Waals surface area contributed by atoms with E-state index in [0.717, 1.165) is 23.9 Å². The van der Waals surface area contributed by atoms with E-state index in [1.165, 1.54) is 11.3 Å². The van der Waals surface area contributed by atoms with Crippen molar-refractivity contribution in [3.8, 4) is 0 Å². The second-order valence-corrected chi connectivity index (χ2v) is 5.56. The Kier molecular flexibility index (Phi) is 7.42. The molecular formula is C15H25BrN2O. The SMILES string of the molecule is CCC(CC)N(CCO)c1ccc(CNC)cc1Br. The summed E-state index contributed by atoms with van der Waals surface area (Å²) in [6.07, 6.45) is 2.17. The fourth-order valence-corrected chi connectivity index (χ4v) is 3.09. The van der Waals surface area contributed by atoms with Crippen LogP contribution in [0.15, 0.2) is 22.7 Å². The largest absolute Gasteiger partial charge is 0.395 e. The fraction of sp³-hybridized carbons (Fsp3) is 0.600. The number of benzene rings is 1. The lowest BCUT2D eigenvalue weighted by atomic mass is 10.1. The van der Waals surface area contributed by atoms with Gasteiger partial charge in [-0.15, -0.1) is 0 Å². The van der Waals surface area contributed by atoms with Crippen LogP contribution in [0.2, 0.25) is 0 Å². The summed E-state index contributed by atoms with van der Waals surface area (Å²) in [5, 5.41) is 12.5. The predicted molar refractivity (Wildman–Crippen MR) is 85.7 cm³/mol. The minimum absolute atomic E-state index is 0.182. The second-order valence-electron chi connectivity index (χ2n) is 4.70. The number of anilines is 1. The van der Waals surface area contributed by atoms with Gasteiger partial charge in [0.1, 0.15) is 0 Å². The molecular weight excluding hydrogens is 304 g/mol. The molecule has 0 atom stereocenters. The summed E-state index contributed by atoms with van der Waals surface area (Å²) in [7, 11) is 1.95. The summed E-state index contributed by atoms with van der Waals surface area (Å²) in [6, 6.07) is 6.91. The smallest absolute Gasteiger partial charge is 0.0606 e. The first kappa shape index (κ1) is 16.5. The molecule has 0 aromatic heterocycles. The zero-order chi connectivity index (χ0) is 14.3. The van der Waals surface area contributed by atoms with Crippen LogP contribution in [0.3, 0.4) is 0 Å². The van der Waals surface area contributed by atoms with Crippen molar-refractivity contribution in [3.05, 3.63) is 28.2 Å². The third-order valence-corrected chi connectivity index (χ3v) is 4.06. The molecule has 0 heterocycles. The van der Waals surface area contributed by atoms with Crippen molar-refractivity contribution in [3.63, 3.8) is 0 Å². The highest BCUT2D eigenvalue weighted by Gasteiger charge is 2.17. The molecule has 0 spiro atoms. The van der Waals surface area contributed by atoms with E-state index in [-0.39, 0.29) is 6.61 Å². The second kappa shape index (κ2) is 8.56. The molecule has 1 rings (SSSR count). The molecule has 0 saturated carbocycles. The van der Waals surface area contributed by atoms with Gasteiger partial charge in [0, 0.05) is 23.6 Å². The molecule has 108 valence electrons. The number of aliphatic hydroxyl groups excluding tert-OH is 1. The monoisotopic (exact) mass is 328 g/mol. The summed E-state index contributed by atoms with van der Waals surface area (Å²) in [4.78, 5) is 2.30. The maximum absolute atomic E-state index is 9.30. The first-order valence-corrected chi connectivity index (χ1v) is 7.77. The highest BCUT2D eigenvalue weighted by atomic mass is 79.9. The molecule has 3 nitrogen and oxygen atoms in total. The van der Waals surface area contributed by atoms with Gasteiger partial charge >= 0.3 is 0 Å². The predicted octanol–water partition coefficient (Wildman–Crippen LogP) is 3.16. The molecule has 0 aliphatic carbocycles. The third kappa shape index (κ3) is 4.48. The van der Waals surface area contributed by atoms with Crippen LogP contribution >= 0.6 is 15.9 Å². The Morgan fingerprint density at radius 1 is 1.32 bits per heavy atom. The number of aliphatic hydroxyl groups is 1. The van der Waals surface area contributed by atoms with Gasteiger partial charge in [0.2, 0.25) is 0 Å². The molecule has 4 heteroatoms. The number of hydrogen-bond acceptors (Lipinski definition) is 3. The fourth-order valence-electron chi connectivity index (χ4n) is 2.43. The zero-order valence-electron chi connectivity index (χ0n) is 12.1. The number of rotatable bonds is 8. The Balaban J connectivity index is 3.01. The maximum atomic E-state index is 9.30. The molecule has 0 fully saturated rings. The van der Waals surface area contributed by atoms with E-state index < -0.39 is 0 Å². The first-order valence-electron chi connectivity index (χ1n) is 6.98. The number of hydrogen-bond donors (Lipinski definition) is 2. The summed E-state index contributed by atoms with van der Waals surface area (Å²) in [5.41, 5.74) is 2.43. The molecule has 19 heavy (non-hydrogen) atoms. The van der Waals surface area contributed by atoms with Crippen molar-refractivity contribution in [1.29, 1.82) is 0 Å². The van der Waals surface area contributed by atoms with Crippen LogP contribution in [0.5, 0.6) is 0 Å². The number of nitrogens with zero attached hydrogens (tertiary/aromatic N) is 1. The van der Waals surface area contributed by atoms with E-state index >= 15 is 0 Å². The van der Waals surface area contributed by atoms with Gasteiger partial charge in [-0.05, 0) is 53.5 Å². The maximum Gasteiger partial charge on any atom is 0.0606 e. The molecule has 0 amide bonds. The van der Waals surface area contributed by atoms with Crippen molar-refractivity contribution >= 4 is 21.6 Å². The average molecular weight is 329 g/mol. The van der Waals surface area contributed by atoms with Gasteiger partial charge in [0.25, 0.3) is 0 Å². The molecule has 0 radical (unpaired) electrons. The van der Waals surface area contributed by atoms with Gasteiger partial charge < -0.3 is 15.3 Å². The van der Waals surface area contributed by atoms with Crippen molar-refractivity contribution in [2.24, 2.45) is 0 Å². The van der Waals surface area contributed by atoms with E-state index in [1.54, 1.807) is 0 Å². The Hall–Kier alpha value is -0.580. The van der Waals surface area contributed by atoms with Crippen LogP contribution in [-0.2, 0) is 6.54 Å². The van der Waals surface area contributed by atoms with Crippen LogP contribution in [0.25, 0.3) is 0 Å². The summed E-state index contributed by atoms with van der Waals surface area (Å²) in [6.45, 7) is 6.12. The minimum Gasteiger partial charge on any atom is -0.395 e. The first-order chi connectivity index (χ1) is 9.17. The van der Waals surface area contributed by atoms with Gasteiger partial charge in [-0.3, -0.25) is 0 Å². The van der Waals surface area contributed by atoms with Crippen LogP contribution in [0.1, 0.15) is 32.3 Å². The quantitative estimate of drug-likeness (QED) is 0.769. The van der Waals surface area contributed by atoms with Crippen molar-refractivity contribution in [1.82, 2.24) is 5.32 Å². The van der Waals surface area contributed by atoms with Crippen molar-refractivity contribution in [2.75, 3.05) is 25.1 Å². The highest BCUT2D eigenvalue weighted by Crippen LogP contribution is 2.30. The van der Waals surface area contributed by atoms with E-state index in [9.17, 15) is 5.11 Å². The number of nitrogens with one attached hydrogen (secondary N) is 1. The average Bonchev–Trinajstić information content (AvgIpc) is 2.40. The van der Waals surface area contributed by atoms with Crippen LogP contribution in [0.4, 0.5) is 5.69 Å². The van der Waals surface area contributed by atoms with Gasteiger partial charge in [-0.25, -0.2) is 0 Å². The molecule has 0 aliphatic rings. The lowest BCUT2D eigenvalue weighted by Gasteiger charge is -2.33. The third-order valence-electron chi connectivity index (χ3n) is 3.43. The zero-order valence-corrected chi connectivity index (χ0v) is 13.7. The van der Waals surface area contributed by atoms with Gasteiger partial charge in [0.15, 0.2) is 0 Å². The van der Waals surface area contributed by atoms with E-state index in [2.05, 4.69) is 58.2 Å². The van der Waals surface area contributed by atoms with Crippen molar-refractivity contribution < 1.29 is 5.11 Å². The van der Waals surface area contributed by atoms with Crippen LogP contribution in [0, 0.1) is 0 Å². The normalized spacial score (nSPS) is 11.1. The van der Waals surface area contributed by atoms with E-state index in [4.69, 9.17) is 0 Å². The highest BCUT2D eigenvalue weighted by molar-refractivity contribution is 9.10. The summed E-state index contributed by atoms with van der Waals surface area (Å²) >= 11 is 3.66. The van der Waals surface area contributed by atoms with Crippen molar-refractivity contribution in [2.45, 2.75) is 39.3 Å². The van der Waals surface area contributed by atoms with Gasteiger partial charge in [0.05, 0.1) is 12.3 Å². The van der Waals surface area contributed by atoms with Gasteiger partial charge in [-0.2, -0.15) is 0 Å². The summed E-state index contributed by atoms with van der Waals surface area (Å²) in [5.74, 6) is 0. The minimum atomic E-state index is 0.182. The Labute approximate surface area is 125 Å². The lowest BCUT2D eigenvalue weighted by Crippen LogP contribution is -2.37. The lowest BCUT2D eigenvalue weighted by molar-refractivity contribution is 0.296.